The molecule has 0 aliphatic rings. The quantitative estimate of drug-likeness (QED) is 0.614. The zero-order valence-corrected chi connectivity index (χ0v) is 10.8. The lowest BCUT2D eigenvalue weighted by atomic mass is 10.3. The van der Waals surface area contributed by atoms with Crippen LogP contribution in [-0.2, 0) is 24.2 Å². The highest BCUT2D eigenvalue weighted by molar-refractivity contribution is 7.92. The lowest BCUT2D eigenvalue weighted by Crippen LogP contribution is -2.46. The number of hydrogen-bond donors (Lipinski definition) is 2. The highest BCUT2D eigenvalue weighted by Gasteiger charge is 2.29. The minimum absolute atomic E-state index is 0.0191. The average Bonchev–Trinajstić information content (AvgIpc) is 2.15. The second kappa shape index (κ2) is 6.55. The van der Waals surface area contributed by atoms with Gasteiger partial charge < -0.3 is 15.2 Å². The van der Waals surface area contributed by atoms with Crippen molar-refractivity contribution in [3.8, 4) is 0 Å². The van der Waals surface area contributed by atoms with Gasteiger partial charge in [-0.2, -0.15) is 0 Å². The van der Waals surface area contributed by atoms with Gasteiger partial charge in [0.25, 0.3) is 0 Å². The number of ether oxygens (including phenoxy) is 1. The summed E-state index contributed by atoms with van der Waals surface area (Å²) in [6.07, 6.45) is 0. The van der Waals surface area contributed by atoms with Crippen molar-refractivity contribution in [1.82, 2.24) is 5.32 Å². The van der Waals surface area contributed by atoms with Crippen molar-refractivity contribution in [3.63, 3.8) is 0 Å². The molecule has 0 fully saturated rings. The van der Waals surface area contributed by atoms with Gasteiger partial charge >= 0.3 is 5.97 Å². The largest absolute Gasteiger partial charge is 0.480 e. The number of aliphatic carboxylic acids is 1. The molecule has 0 aromatic heterocycles. The number of methoxy groups -OCH3 is 1. The number of carbonyl (C=O) groups is 2. The Kier molecular flexibility index (Phi) is 6.11. The second-order valence-electron chi connectivity index (χ2n) is 3.69. The van der Waals surface area contributed by atoms with Crippen LogP contribution in [0.25, 0.3) is 0 Å². The Hall–Kier alpha value is -1.15. The molecule has 7 nitrogen and oxygen atoms in total. The summed E-state index contributed by atoms with van der Waals surface area (Å²) in [5.74, 6) is -2.62. The molecule has 0 heterocycles. The smallest absolute Gasteiger partial charge is 0.327 e. The molecule has 1 amide bonds. The minimum atomic E-state index is -3.63. The molecule has 0 saturated carbocycles. The Morgan fingerprint density at radius 3 is 2.29 bits per heavy atom. The van der Waals surface area contributed by atoms with Crippen molar-refractivity contribution >= 4 is 21.7 Å². The van der Waals surface area contributed by atoms with Gasteiger partial charge in [-0.05, 0) is 6.92 Å². The first-order valence-corrected chi connectivity index (χ1v) is 6.62. The van der Waals surface area contributed by atoms with Gasteiger partial charge in [0.2, 0.25) is 5.91 Å². The van der Waals surface area contributed by atoms with Crippen LogP contribution in [0, 0.1) is 0 Å². The van der Waals surface area contributed by atoms with Gasteiger partial charge in [0.15, 0.2) is 9.84 Å². The molecule has 0 radical (unpaired) electrons. The molecule has 2 unspecified atom stereocenters. The number of carbonyl (C=O) groups excluding carboxylic acids is 1. The third-order valence-corrected chi connectivity index (χ3v) is 4.25. The van der Waals surface area contributed by atoms with E-state index in [0.29, 0.717) is 0 Å². The fraction of sp³-hybridized carbons (Fsp3) is 0.778. The molecule has 0 bridgehead atoms. The molecule has 100 valence electrons. The third kappa shape index (κ3) is 5.64. The van der Waals surface area contributed by atoms with E-state index >= 15 is 0 Å². The average molecular weight is 267 g/mol. The molecule has 8 heteroatoms. The zero-order chi connectivity index (χ0) is 13.6. The zero-order valence-electron chi connectivity index (χ0n) is 9.97. The van der Waals surface area contributed by atoms with E-state index in [2.05, 4.69) is 5.32 Å². The first-order valence-electron chi connectivity index (χ1n) is 4.91. The summed E-state index contributed by atoms with van der Waals surface area (Å²) in [6.45, 7) is 2.53. The van der Waals surface area contributed by atoms with Crippen molar-refractivity contribution in [1.29, 1.82) is 0 Å². The van der Waals surface area contributed by atoms with Crippen molar-refractivity contribution < 1.29 is 27.9 Å². The number of sulfone groups is 1. The molecule has 0 aliphatic heterocycles. The third-order valence-electron chi connectivity index (χ3n) is 2.09. The van der Waals surface area contributed by atoms with E-state index in [1.807, 2.05) is 0 Å². The first-order chi connectivity index (χ1) is 7.70. The molecule has 0 spiro atoms. The predicted octanol–water partition coefficient (Wildman–Crippen LogP) is -0.975. The van der Waals surface area contributed by atoms with Crippen molar-refractivity contribution in [2.45, 2.75) is 25.1 Å². The van der Waals surface area contributed by atoms with Crippen LogP contribution in [0.2, 0.25) is 0 Å². The van der Waals surface area contributed by atoms with Gasteiger partial charge in [-0.3, -0.25) is 4.79 Å². The van der Waals surface area contributed by atoms with Gasteiger partial charge in [0.1, 0.15) is 6.04 Å². The lowest BCUT2D eigenvalue weighted by molar-refractivity contribution is -0.140. The number of rotatable bonds is 7. The Morgan fingerprint density at radius 1 is 1.41 bits per heavy atom. The molecule has 0 aromatic rings. The monoisotopic (exact) mass is 267 g/mol. The number of carboxylic acids is 1. The van der Waals surface area contributed by atoms with Crippen LogP contribution in [-0.4, -0.2) is 56.2 Å². The summed E-state index contributed by atoms with van der Waals surface area (Å²) in [5, 5.41) is 10.0. The Labute approximate surface area is 100 Å². The van der Waals surface area contributed by atoms with Gasteiger partial charge in [-0.1, -0.05) is 0 Å². The molecular weight excluding hydrogens is 250 g/mol. The summed E-state index contributed by atoms with van der Waals surface area (Å²) in [4.78, 5) is 21.5. The van der Waals surface area contributed by atoms with Crippen LogP contribution in [0.15, 0.2) is 0 Å². The van der Waals surface area contributed by atoms with E-state index in [4.69, 9.17) is 9.84 Å². The van der Waals surface area contributed by atoms with E-state index < -0.39 is 38.8 Å². The van der Waals surface area contributed by atoms with Crippen molar-refractivity contribution in [2.24, 2.45) is 0 Å². The number of amides is 1. The summed E-state index contributed by atoms with van der Waals surface area (Å²) in [5.41, 5.74) is 0. The standard InChI is InChI=1S/C9H17NO6S/c1-6(4-16-3)17(14,15)5-8(9(12)13)10-7(2)11/h6,8H,4-5H2,1-3H3,(H,10,11)(H,12,13). The summed E-state index contributed by atoms with van der Waals surface area (Å²) in [7, 11) is -2.28. The van der Waals surface area contributed by atoms with Crippen LogP contribution >= 0.6 is 0 Å². The Morgan fingerprint density at radius 2 is 1.94 bits per heavy atom. The van der Waals surface area contributed by atoms with Crippen molar-refractivity contribution in [2.75, 3.05) is 19.5 Å². The Balaban J connectivity index is 4.75. The van der Waals surface area contributed by atoms with Crippen LogP contribution in [0.4, 0.5) is 0 Å². The molecule has 2 N–H and O–H groups in total. The van der Waals surface area contributed by atoms with Gasteiger partial charge in [0.05, 0.1) is 17.6 Å². The van der Waals surface area contributed by atoms with Gasteiger partial charge in [0, 0.05) is 14.0 Å². The molecule has 0 saturated heterocycles. The lowest BCUT2D eigenvalue weighted by Gasteiger charge is -2.17. The molecular formula is C9H17NO6S. The van der Waals surface area contributed by atoms with Crippen LogP contribution in [0.3, 0.4) is 0 Å². The summed E-state index contributed by atoms with van der Waals surface area (Å²) >= 11 is 0. The maximum atomic E-state index is 11.7. The molecule has 0 aliphatic carbocycles. The SMILES string of the molecule is COCC(C)S(=O)(=O)CC(NC(C)=O)C(=O)O. The number of nitrogens with one attached hydrogen (secondary N) is 1. The van der Waals surface area contributed by atoms with Crippen molar-refractivity contribution in [3.05, 3.63) is 0 Å². The fourth-order valence-electron chi connectivity index (χ4n) is 1.16. The van der Waals surface area contributed by atoms with E-state index in [1.54, 1.807) is 0 Å². The number of carboxylic acid groups (broad SMARTS) is 1. The number of hydrogen-bond acceptors (Lipinski definition) is 5. The maximum Gasteiger partial charge on any atom is 0.327 e. The van der Waals surface area contributed by atoms with Crippen LogP contribution in [0.5, 0.6) is 0 Å². The van der Waals surface area contributed by atoms with E-state index in [1.165, 1.54) is 14.0 Å². The Bertz CT molecular complexity index is 377. The van der Waals surface area contributed by atoms with Gasteiger partial charge in [-0.25, -0.2) is 13.2 Å². The van der Waals surface area contributed by atoms with E-state index in [0.717, 1.165) is 6.92 Å². The maximum absolute atomic E-state index is 11.7. The topological polar surface area (TPSA) is 110 Å². The summed E-state index contributed by atoms with van der Waals surface area (Å²) < 4.78 is 28.1. The fourth-order valence-corrected chi connectivity index (χ4v) is 2.52. The molecule has 0 rings (SSSR count). The molecule has 0 aromatic carbocycles. The summed E-state index contributed by atoms with van der Waals surface area (Å²) in [6, 6.07) is -1.43. The van der Waals surface area contributed by atoms with Gasteiger partial charge in [-0.15, -0.1) is 0 Å². The van der Waals surface area contributed by atoms with E-state index in [9.17, 15) is 18.0 Å². The predicted molar refractivity (Wildman–Crippen MR) is 60.4 cm³/mol. The van der Waals surface area contributed by atoms with Crippen LogP contribution < -0.4 is 5.32 Å². The highest BCUT2D eigenvalue weighted by atomic mass is 32.2. The van der Waals surface area contributed by atoms with Crippen LogP contribution in [0.1, 0.15) is 13.8 Å². The minimum Gasteiger partial charge on any atom is -0.480 e. The first kappa shape index (κ1) is 15.9. The highest BCUT2D eigenvalue weighted by Crippen LogP contribution is 2.05. The normalized spacial score (nSPS) is 15.0. The second-order valence-corrected chi connectivity index (χ2v) is 6.15. The van der Waals surface area contributed by atoms with E-state index in [-0.39, 0.29) is 6.61 Å². The molecule has 2 atom stereocenters. The molecule has 17 heavy (non-hydrogen) atoms.